The van der Waals surface area contributed by atoms with E-state index in [1.165, 1.54) is 7.11 Å². The van der Waals surface area contributed by atoms with E-state index in [4.69, 9.17) is 20.7 Å². The highest BCUT2D eigenvalue weighted by Gasteiger charge is 2.10. The summed E-state index contributed by atoms with van der Waals surface area (Å²) in [7, 11) is 1.44. The minimum Gasteiger partial charge on any atom is -0.467 e. The fraction of sp³-hybridized carbons (Fsp3) is 0.667. The smallest absolute Gasteiger partial charge is 0.321 e. The van der Waals surface area contributed by atoms with Crippen molar-refractivity contribution in [1.82, 2.24) is 19.9 Å². The van der Waals surface area contributed by atoms with Crippen molar-refractivity contribution in [3.05, 3.63) is 5.82 Å². The van der Waals surface area contributed by atoms with Crippen LogP contribution >= 0.6 is 0 Å². The summed E-state index contributed by atoms with van der Waals surface area (Å²) >= 11 is 0. The Balaban J connectivity index is 2.73. The van der Waals surface area contributed by atoms with Crippen LogP contribution < -0.4 is 10.5 Å². The van der Waals surface area contributed by atoms with E-state index < -0.39 is 0 Å². The monoisotopic (exact) mass is 243 g/mol. The molecule has 0 saturated carbocycles. The van der Waals surface area contributed by atoms with Crippen LogP contribution in [0.4, 0.5) is 5.95 Å². The van der Waals surface area contributed by atoms with Gasteiger partial charge in [-0.2, -0.15) is 15.0 Å². The van der Waals surface area contributed by atoms with Crippen LogP contribution in [0.25, 0.3) is 0 Å². The molecule has 8 heteroatoms. The van der Waals surface area contributed by atoms with Gasteiger partial charge >= 0.3 is 6.01 Å². The number of nitrogens with two attached hydrogens (primary N) is 1. The molecule has 0 unspecified atom stereocenters. The van der Waals surface area contributed by atoms with E-state index in [1.54, 1.807) is 4.90 Å². The molecule has 1 aromatic heterocycles. The summed E-state index contributed by atoms with van der Waals surface area (Å²) in [4.78, 5) is 13.6. The van der Waals surface area contributed by atoms with E-state index in [1.807, 2.05) is 0 Å². The maximum Gasteiger partial charge on any atom is 0.321 e. The standard InChI is InChI=1S/C9H17N5O3/c1-17-9-12-7(11-8(10)13-9)6-14(2-4-15)3-5-16/h15-16H,2-6H2,1H3,(H2,10,11,12,13). The molecule has 17 heavy (non-hydrogen) atoms. The minimum atomic E-state index is -0.00228. The van der Waals surface area contributed by atoms with Crippen LogP contribution in [0.2, 0.25) is 0 Å². The van der Waals surface area contributed by atoms with Crippen molar-refractivity contribution in [1.29, 1.82) is 0 Å². The molecule has 0 aromatic carbocycles. The Kier molecular flexibility index (Phi) is 5.53. The number of nitrogens with zero attached hydrogens (tertiary/aromatic N) is 4. The highest BCUT2D eigenvalue weighted by atomic mass is 16.5. The van der Waals surface area contributed by atoms with Crippen molar-refractivity contribution in [2.24, 2.45) is 0 Å². The van der Waals surface area contributed by atoms with Crippen LogP contribution in [-0.2, 0) is 6.54 Å². The lowest BCUT2D eigenvalue weighted by Crippen LogP contribution is -2.30. The van der Waals surface area contributed by atoms with Crippen molar-refractivity contribution >= 4 is 5.95 Å². The first-order valence-electron chi connectivity index (χ1n) is 5.18. The number of methoxy groups -OCH3 is 1. The van der Waals surface area contributed by atoms with Gasteiger partial charge in [-0.05, 0) is 0 Å². The number of aromatic nitrogens is 3. The van der Waals surface area contributed by atoms with Gasteiger partial charge in [0, 0.05) is 13.1 Å². The van der Waals surface area contributed by atoms with Crippen molar-refractivity contribution < 1.29 is 14.9 Å². The summed E-state index contributed by atoms with van der Waals surface area (Å²) in [5.41, 5.74) is 5.50. The fourth-order valence-electron chi connectivity index (χ4n) is 1.33. The Morgan fingerprint density at radius 2 is 1.82 bits per heavy atom. The van der Waals surface area contributed by atoms with Crippen LogP contribution in [0.5, 0.6) is 6.01 Å². The van der Waals surface area contributed by atoms with Gasteiger partial charge in [-0.3, -0.25) is 4.90 Å². The minimum absolute atomic E-state index is 0.00228. The first-order valence-corrected chi connectivity index (χ1v) is 5.18. The highest BCUT2D eigenvalue weighted by Crippen LogP contribution is 2.06. The quantitative estimate of drug-likeness (QED) is 0.516. The average Bonchev–Trinajstić information content (AvgIpc) is 2.29. The summed E-state index contributed by atoms with van der Waals surface area (Å²) in [6, 6.07) is 0.153. The third-order valence-corrected chi connectivity index (χ3v) is 2.06. The van der Waals surface area contributed by atoms with E-state index in [0.717, 1.165) is 0 Å². The van der Waals surface area contributed by atoms with Crippen LogP contribution in [0.3, 0.4) is 0 Å². The van der Waals surface area contributed by atoms with Crippen LogP contribution in [0.15, 0.2) is 0 Å². The largest absolute Gasteiger partial charge is 0.467 e. The average molecular weight is 243 g/mol. The molecule has 0 aliphatic heterocycles. The van der Waals surface area contributed by atoms with Gasteiger partial charge in [-0.1, -0.05) is 0 Å². The Morgan fingerprint density at radius 3 is 2.35 bits per heavy atom. The predicted molar refractivity (Wildman–Crippen MR) is 60.2 cm³/mol. The molecular formula is C9H17N5O3. The molecule has 0 aliphatic carbocycles. The molecule has 0 saturated heterocycles. The van der Waals surface area contributed by atoms with Gasteiger partial charge in [0.05, 0.1) is 26.9 Å². The van der Waals surface area contributed by atoms with Crippen molar-refractivity contribution in [2.75, 3.05) is 39.1 Å². The summed E-state index contributed by atoms with van der Waals surface area (Å²) in [5, 5.41) is 17.7. The number of nitrogen functional groups attached to an aromatic ring is 1. The fourth-order valence-corrected chi connectivity index (χ4v) is 1.33. The molecule has 8 nitrogen and oxygen atoms in total. The highest BCUT2D eigenvalue weighted by molar-refractivity contribution is 5.18. The Hall–Kier alpha value is -1.51. The molecule has 0 atom stereocenters. The molecule has 1 heterocycles. The van der Waals surface area contributed by atoms with Crippen LogP contribution in [0, 0.1) is 0 Å². The Labute approximate surface area is 99.1 Å². The van der Waals surface area contributed by atoms with Gasteiger partial charge in [-0.15, -0.1) is 0 Å². The number of anilines is 1. The maximum absolute atomic E-state index is 8.87. The molecule has 1 rings (SSSR count). The number of ether oxygens (including phenoxy) is 1. The predicted octanol–water partition coefficient (Wildman–Crippen LogP) is -1.75. The lowest BCUT2D eigenvalue weighted by atomic mass is 10.4. The molecule has 0 fully saturated rings. The van der Waals surface area contributed by atoms with Crippen LogP contribution in [-0.4, -0.2) is 63.5 Å². The third-order valence-electron chi connectivity index (χ3n) is 2.06. The zero-order chi connectivity index (χ0) is 12.7. The molecular weight excluding hydrogens is 226 g/mol. The van der Waals surface area contributed by atoms with Gasteiger partial charge in [0.1, 0.15) is 0 Å². The van der Waals surface area contributed by atoms with Crippen molar-refractivity contribution in [3.8, 4) is 6.01 Å². The van der Waals surface area contributed by atoms with E-state index in [0.29, 0.717) is 25.5 Å². The summed E-state index contributed by atoms with van der Waals surface area (Å²) in [6.45, 7) is 1.21. The number of aliphatic hydroxyl groups excluding tert-OH is 2. The molecule has 4 N–H and O–H groups in total. The second-order valence-electron chi connectivity index (χ2n) is 3.32. The number of rotatable bonds is 7. The van der Waals surface area contributed by atoms with E-state index in [-0.39, 0.29) is 25.2 Å². The number of hydrogen-bond acceptors (Lipinski definition) is 8. The number of hydrogen-bond donors (Lipinski definition) is 3. The summed E-state index contributed by atoms with van der Waals surface area (Å²) in [6.07, 6.45) is 0. The van der Waals surface area contributed by atoms with E-state index in [2.05, 4.69) is 15.0 Å². The first kappa shape index (κ1) is 13.6. The third kappa shape index (κ3) is 4.47. The van der Waals surface area contributed by atoms with Gasteiger partial charge < -0.3 is 20.7 Å². The molecule has 0 amide bonds. The molecule has 0 bridgehead atoms. The summed E-state index contributed by atoms with van der Waals surface area (Å²) in [5.74, 6) is 0.524. The first-order chi connectivity index (χ1) is 8.19. The second kappa shape index (κ2) is 6.94. The van der Waals surface area contributed by atoms with Gasteiger partial charge in [-0.25, -0.2) is 0 Å². The topological polar surface area (TPSA) is 118 Å². The van der Waals surface area contributed by atoms with E-state index in [9.17, 15) is 0 Å². The molecule has 1 aromatic rings. The molecule has 0 aliphatic rings. The normalized spacial score (nSPS) is 10.8. The lowest BCUT2D eigenvalue weighted by Gasteiger charge is -2.18. The molecule has 0 spiro atoms. The molecule has 96 valence electrons. The maximum atomic E-state index is 8.87. The van der Waals surface area contributed by atoms with Crippen molar-refractivity contribution in [3.63, 3.8) is 0 Å². The SMILES string of the molecule is COc1nc(N)nc(CN(CCO)CCO)n1. The van der Waals surface area contributed by atoms with Gasteiger partial charge in [0.15, 0.2) is 5.82 Å². The summed E-state index contributed by atoms with van der Waals surface area (Å²) < 4.78 is 4.88. The zero-order valence-corrected chi connectivity index (χ0v) is 9.70. The van der Waals surface area contributed by atoms with Gasteiger partial charge in [0.25, 0.3) is 0 Å². The Bertz CT molecular complexity index is 343. The van der Waals surface area contributed by atoms with Gasteiger partial charge in [0.2, 0.25) is 5.95 Å². The lowest BCUT2D eigenvalue weighted by molar-refractivity contribution is 0.153. The van der Waals surface area contributed by atoms with E-state index >= 15 is 0 Å². The second-order valence-corrected chi connectivity index (χ2v) is 3.32. The number of aliphatic hydroxyl groups is 2. The molecule has 0 radical (unpaired) electrons. The van der Waals surface area contributed by atoms with Crippen LogP contribution in [0.1, 0.15) is 5.82 Å². The zero-order valence-electron chi connectivity index (χ0n) is 9.70. The Morgan fingerprint density at radius 1 is 1.18 bits per heavy atom. The van der Waals surface area contributed by atoms with Crippen molar-refractivity contribution in [2.45, 2.75) is 6.54 Å².